The Morgan fingerprint density at radius 1 is 1.36 bits per heavy atom. The molecular weight excluding hydrogens is 300 g/mol. The van der Waals surface area contributed by atoms with E-state index in [4.69, 9.17) is 0 Å². The van der Waals surface area contributed by atoms with Gasteiger partial charge in [-0.25, -0.2) is 8.42 Å². The first-order chi connectivity index (χ1) is 10.3. The number of hydrogen-bond donors (Lipinski definition) is 1. The molecule has 1 aromatic carbocycles. The van der Waals surface area contributed by atoms with E-state index in [0.29, 0.717) is 12.2 Å². The molecule has 1 rings (SSSR count). The number of sulfonamides is 1. The van der Waals surface area contributed by atoms with Crippen molar-refractivity contribution in [2.75, 3.05) is 23.7 Å². The molecule has 0 saturated heterocycles. The number of para-hydroxylation sites is 1. The zero-order valence-corrected chi connectivity index (χ0v) is 14.2. The third-order valence-electron chi connectivity index (χ3n) is 3.21. The summed E-state index contributed by atoms with van der Waals surface area (Å²) in [6.45, 7) is 8.04. The highest BCUT2D eigenvalue weighted by molar-refractivity contribution is 7.92. The zero-order valence-electron chi connectivity index (χ0n) is 13.4. The number of nitrogens with one attached hydrogen (secondary N) is 1. The summed E-state index contributed by atoms with van der Waals surface area (Å²) in [6, 6.07) is 7.38. The molecule has 0 aromatic heterocycles. The minimum atomic E-state index is -3.46. The van der Waals surface area contributed by atoms with Gasteiger partial charge in [0.2, 0.25) is 15.9 Å². The smallest absolute Gasteiger partial charge is 0.232 e. The Hall–Kier alpha value is -1.82. The van der Waals surface area contributed by atoms with Gasteiger partial charge in [0.15, 0.2) is 0 Å². The topological polar surface area (TPSA) is 66.5 Å². The summed E-state index contributed by atoms with van der Waals surface area (Å²) >= 11 is 0. The van der Waals surface area contributed by atoms with Gasteiger partial charge in [-0.05, 0) is 17.5 Å². The van der Waals surface area contributed by atoms with Gasteiger partial charge in [-0.3, -0.25) is 9.10 Å². The maximum atomic E-state index is 12.1. The van der Waals surface area contributed by atoms with Crippen molar-refractivity contribution in [3.05, 3.63) is 42.5 Å². The van der Waals surface area contributed by atoms with E-state index in [-0.39, 0.29) is 24.8 Å². The lowest BCUT2D eigenvalue weighted by molar-refractivity contribution is -0.120. The molecule has 5 nitrogen and oxygen atoms in total. The van der Waals surface area contributed by atoms with Crippen LogP contribution in [-0.4, -0.2) is 33.7 Å². The average Bonchev–Trinajstić information content (AvgIpc) is 2.44. The van der Waals surface area contributed by atoms with Crippen LogP contribution in [0.1, 0.15) is 31.7 Å². The highest BCUT2D eigenvalue weighted by Crippen LogP contribution is 2.29. The molecule has 0 saturated carbocycles. The first-order valence-corrected chi connectivity index (χ1v) is 9.06. The molecule has 22 heavy (non-hydrogen) atoms. The summed E-state index contributed by atoms with van der Waals surface area (Å²) in [4.78, 5) is 11.7. The summed E-state index contributed by atoms with van der Waals surface area (Å²) in [7, 11) is -3.46. The van der Waals surface area contributed by atoms with Gasteiger partial charge in [-0.15, -0.1) is 6.58 Å². The standard InChI is InChI=1S/C16H24N2O3S/c1-5-11-17-16(19)10-12-18(22(4,20)21)15-9-7-6-8-14(15)13(2)3/h5-9,13H,1,10-12H2,2-4H3,(H,17,19). The van der Waals surface area contributed by atoms with Crippen LogP contribution in [0.25, 0.3) is 0 Å². The maximum absolute atomic E-state index is 12.1. The molecule has 0 heterocycles. The molecular formula is C16H24N2O3S. The van der Waals surface area contributed by atoms with Crippen molar-refractivity contribution in [2.24, 2.45) is 0 Å². The van der Waals surface area contributed by atoms with Crippen molar-refractivity contribution in [2.45, 2.75) is 26.2 Å². The minimum Gasteiger partial charge on any atom is -0.353 e. The van der Waals surface area contributed by atoms with E-state index in [1.807, 2.05) is 26.0 Å². The lowest BCUT2D eigenvalue weighted by Gasteiger charge is -2.26. The summed E-state index contributed by atoms with van der Waals surface area (Å²) in [5, 5.41) is 2.65. The number of carbonyl (C=O) groups excluding carboxylic acids is 1. The first-order valence-electron chi connectivity index (χ1n) is 7.21. The number of rotatable bonds is 8. The van der Waals surface area contributed by atoms with Crippen molar-refractivity contribution in [3.63, 3.8) is 0 Å². The van der Waals surface area contributed by atoms with E-state index in [1.54, 1.807) is 18.2 Å². The van der Waals surface area contributed by atoms with Crippen molar-refractivity contribution in [1.29, 1.82) is 0 Å². The molecule has 0 spiro atoms. The van der Waals surface area contributed by atoms with Crippen molar-refractivity contribution >= 4 is 21.6 Å². The van der Waals surface area contributed by atoms with Gasteiger partial charge < -0.3 is 5.32 Å². The molecule has 0 unspecified atom stereocenters. The van der Waals surface area contributed by atoms with Crippen molar-refractivity contribution in [1.82, 2.24) is 5.32 Å². The Balaban J connectivity index is 3.01. The normalized spacial score (nSPS) is 11.3. The van der Waals surface area contributed by atoms with E-state index < -0.39 is 10.0 Å². The number of hydrogen-bond acceptors (Lipinski definition) is 3. The molecule has 1 N–H and O–H groups in total. The number of carbonyl (C=O) groups is 1. The highest BCUT2D eigenvalue weighted by Gasteiger charge is 2.21. The predicted octanol–water partition coefficient (Wildman–Crippen LogP) is 2.27. The second kappa shape index (κ2) is 7.98. The largest absolute Gasteiger partial charge is 0.353 e. The van der Waals surface area contributed by atoms with Crippen LogP contribution in [0.3, 0.4) is 0 Å². The molecule has 0 aliphatic carbocycles. The number of anilines is 1. The van der Waals surface area contributed by atoms with Gasteiger partial charge >= 0.3 is 0 Å². The molecule has 0 radical (unpaired) electrons. The SMILES string of the molecule is C=CCNC(=O)CCN(c1ccccc1C(C)C)S(C)(=O)=O. The van der Waals surface area contributed by atoms with Gasteiger partial charge in [0.1, 0.15) is 0 Å². The Labute approximate surface area is 133 Å². The quantitative estimate of drug-likeness (QED) is 0.746. The molecule has 0 aliphatic rings. The Bertz CT molecular complexity index is 624. The summed E-state index contributed by atoms with van der Waals surface area (Å²) in [5.74, 6) is -0.00868. The van der Waals surface area contributed by atoms with Gasteiger partial charge in [0, 0.05) is 19.5 Å². The van der Waals surface area contributed by atoms with E-state index in [1.165, 1.54) is 4.31 Å². The third-order valence-corrected chi connectivity index (χ3v) is 4.39. The lowest BCUT2D eigenvalue weighted by Crippen LogP contribution is -2.35. The van der Waals surface area contributed by atoms with E-state index in [2.05, 4.69) is 11.9 Å². The fourth-order valence-corrected chi connectivity index (χ4v) is 3.09. The molecule has 0 aliphatic heterocycles. The molecule has 1 aromatic rings. The van der Waals surface area contributed by atoms with Gasteiger partial charge in [0.05, 0.1) is 11.9 Å². The summed E-state index contributed by atoms with van der Waals surface area (Å²) < 4.78 is 25.5. The van der Waals surface area contributed by atoms with Crippen molar-refractivity contribution in [3.8, 4) is 0 Å². The fourth-order valence-electron chi connectivity index (χ4n) is 2.15. The van der Waals surface area contributed by atoms with Gasteiger partial charge in [-0.1, -0.05) is 38.1 Å². The van der Waals surface area contributed by atoms with Crippen LogP contribution in [-0.2, 0) is 14.8 Å². The summed E-state index contributed by atoms with van der Waals surface area (Å²) in [5.41, 5.74) is 1.58. The molecule has 6 heteroatoms. The average molecular weight is 324 g/mol. The van der Waals surface area contributed by atoms with Crippen LogP contribution in [0.5, 0.6) is 0 Å². The van der Waals surface area contributed by atoms with E-state index >= 15 is 0 Å². The van der Waals surface area contributed by atoms with Crippen LogP contribution in [0.15, 0.2) is 36.9 Å². The highest BCUT2D eigenvalue weighted by atomic mass is 32.2. The van der Waals surface area contributed by atoms with Crippen molar-refractivity contribution < 1.29 is 13.2 Å². The fraction of sp³-hybridized carbons (Fsp3) is 0.438. The second-order valence-corrected chi connectivity index (χ2v) is 7.30. The third kappa shape index (κ3) is 5.18. The second-order valence-electron chi connectivity index (χ2n) is 5.39. The van der Waals surface area contributed by atoms with Crippen LogP contribution < -0.4 is 9.62 Å². The van der Waals surface area contributed by atoms with Crippen LogP contribution in [0.4, 0.5) is 5.69 Å². The monoisotopic (exact) mass is 324 g/mol. The molecule has 122 valence electrons. The van der Waals surface area contributed by atoms with Crippen LogP contribution in [0.2, 0.25) is 0 Å². The van der Waals surface area contributed by atoms with Gasteiger partial charge in [0.25, 0.3) is 0 Å². The maximum Gasteiger partial charge on any atom is 0.232 e. The Kier molecular flexibility index (Phi) is 6.61. The van der Waals surface area contributed by atoms with Crippen LogP contribution >= 0.6 is 0 Å². The number of nitrogens with zero attached hydrogens (tertiary/aromatic N) is 1. The van der Waals surface area contributed by atoms with E-state index in [9.17, 15) is 13.2 Å². The van der Waals surface area contributed by atoms with Crippen LogP contribution in [0, 0.1) is 0 Å². The zero-order chi connectivity index (χ0) is 16.8. The first kappa shape index (κ1) is 18.2. The lowest BCUT2D eigenvalue weighted by atomic mass is 10.0. The number of benzene rings is 1. The molecule has 0 fully saturated rings. The molecule has 0 bridgehead atoms. The van der Waals surface area contributed by atoms with Gasteiger partial charge in [-0.2, -0.15) is 0 Å². The Morgan fingerprint density at radius 3 is 2.55 bits per heavy atom. The number of amides is 1. The minimum absolute atomic E-state index is 0.105. The molecule has 0 atom stereocenters. The Morgan fingerprint density at radius 2 is 2.00 bits per heavy atom. The predicted molar refractivity (Wildman–Crippen MR) is 90.5 cm³/mol. The molecule has 1 amide bonds. The summed E-state index contributed by atoms with van der Waals surface area (Å²) in [6.07, 6.45) is 2.85. The van der Waals surface area contributed by atoms with E-state index in [0.717, 1.165) is 11.8 Å².